The Bertz CT molecular complexity index is 510. The van der Waals surface area contributed by atoms with Crippen molar-refractivity contribution in [2.24, 2.45) is 0 Å². The summed E-state index contributed by atoms with van der Waals surface area (Å²) < 4.78 is 104. The van der Waals surface area contributed by atoms with Gasteiger partial charge in [-0.25, -0.2) is 4.57 Å². The molecule has 0 aliphatic heterocycles. The van der Waals surface area contributed by atoms with Crippen molar-refractivity contribution in [1.29, 1.82) is 0 Å². The molecule has 0 aromatic carbocycles. The van der Waals surface area contributed by atoms with Crippen LogP contribution in [0.1, 0.15) is 5.71 Å². The first-order valence-corrected chi connectivity index (χ1v) is 8.63. The Balaban J connectivity index is -0.00000000757. The molecule has 0 heterocycles. The third-order valence-electron chi connectivity index (χ3n) is 0. The topological polar surface area (TPSA) is 302 Å². The summed E-state index contributed by atoms with van der Waals surface area (Å²) >= 11 is 0. The van der Waals surface area contributed by atoms with Crippen molar-refractivity contribution in [2.45, 2.75) is 0 Å². The molecule has 0 radical (unpaired) electrons. The molecule has 0 amide bonds. The van der Waals surface area contributed by atoms with E-state index in [4.69, 9.17) is 71.8 Å². The van der Waals surface area contributed by atoms with Crippen LogP contribution in [0.15, 0.2) is 0 Å². The number of phosphoric acid groups is 1. The summed E-state index contributed by atoms with van der Waals surface area (Å²) in [5.41, 5.74) is 0. The van der Waals surface area contributed by atoms with Gasteiger partial charge < -0.3 is 20.4 Å². The molecule has 0 spiro atoms. The van der Waals surface area contributed by atoms with Crippen molar-refractivity contribution in [3.8, 4) is 0 Å². The van der Waals surface area contributed by atoms with E-state index in [1.165, 1.54) is 0 Å². The fourth-order valence-electron chi connectivity index (χ4n) is 0. The first kappa shape index (κ1) is 69.8. The standard InChI is InChI=1S/3ClH.2Mg.H3O4P.3H2O4S.2Zn.4H/c;;;;;4*1-5(2,3)4;;;;;;/h3*1H;;;(H3,1,2,3,4);3*(H2,1,2,3,4);;;;;;/q;;;2*+2;;;;;;;4*-1. The summed E-state index contributed by atoms with van der Waals surface area (Å²) in [4.78, 5) is 21.6. The van der Waals surface area contributed by atoms with Crippen LogP contribution in [0.3, 0.4) is 0 Å². The van der Waals surface area contributed by atoms with E-state index in [1.54, 1.807) is 0 Å². The van der Waals surface area contributed by atoms with E-state index in [2.05, 4.69) is 0 Å². The largest absolute Gasteiger partial charge is 2.00 e. The maximum atomic E-state index is 8.88. The molecule has 9 N–H and O–H groups in total. The maximum absolute atomic E-state index is 8.88. The zero-order valence-electron chi connectivity index (χ0n) is 16.6. The molecule has 0 fully saturated rings. The Morgan fingerprint density at radius 1 is 0.519 bits per heavy atom. The van der Waals surface area contributed by atoms with Crippen LogP contribution in [0.4, 0.5) is 0 Å². The van der Waals surface area contributed by atoms with E-state index in [0.717, 1.165) is 0 Å². The summed E-state index contributed by atoms with van der Waals surface area (Å²) in [6.45, 7) is 0. The quantitative estimate of drug-likeness (QED) is 0.0761. The molecule has 0 atom stereocenters. The molecule has 0 rings (SSSR count). The Hall–Kier alpha value is 3.37. The van der Waals surface area contributed by atoms with Gasteiger partial charge in [0.05, 0.1) is 0 Å². The zero-order chi connectivity index (χ0) is 18.0. The van der Waals surface area contributed by atoms with Gasteiger partial charge in [-0.2, -0.15) is 25.3 Å². The number of hydrogen-bond acceptors (Lipinski definition) is 7. The van der Waals surface area contributed by atoms with Crippen molar-refractivity contribution in [2.75, 3.05) is 0 Å². The van der Waals surface area contributed by atoms with Gasteiger partial charge in [0.1, 0.15) is 0 Å². The minimum absolute atomic E-state index is 0. The first-order valence-electron chi connectivity index (χ1n) is 2.88. The van der Waals surface area contributed by atoms with Crippen molar-refractivity contribution in [3.63, 3.8) is 0 Å². The van der Waals surface area contributed by atoms with Gasteiger partial charge in [-0.15, -0.1) is 37.2 Å². The van der Waals surface area contributed by atoms with Gasteiger partial charge in [0, 0.05) is 39.0 Å². The summed E-state index contributed by atoms with van der Waals surface area (Å²) in [6, 6.07) is 0. The number of hydrogen-bond donors (Lipinski definition) is 9. The molecule has 0 saturated carbocycles. The Kier molecular flexibility index (Phi) is 81.6. The van der Waals surface area contributed by atoms with Crippen LogP contribution in [0.5, 0.6) is 0 Å². The van der Waals surface area contributed by atoms with E-state index in [1.807, 2.05) is 0 Å². The third-order valence-corrected chi connectivity index (χ3v) is 0. The molecule has 27 heavy (non-hydrogen) atoms. The molecule has 0 saturated heterocycles. The second-order valence-corrected chi connectivity index (χ2v) is 5.57. The van der Waals surface area contributed by atoms with Gasteiger partial charge in [0.15, 0.2) is 0 Å². The van der Waals surface area contributed by atoms with Crippen LogP contribution in [-0.2, 0) is 74.7 Å². The van der Waals surface area contributed by atoms with Crippen LogP contribution in [0, 0.1) is 0 Å². The number of rotatable bonds is 0. The summed E-state index contributed by atoms with van der Waals surface area (Å²) in [5, 5.41) is 0. The molecular formula is H16Cl3Mg2O16PS3Zn2. The van der Waals surface area contributed by atoms with Gasteiger partial charge in [0.2, 0.25) is 0 Å². The Labute approximate surface area is 236 Å². The summed E-state index contributed by atoms with van der Waals surface area (Å²) in [6.07, 6.45) is 0. The fourth-order valence-corrected chi connectivity index (χ4v) is 0. The zero-order valence-corrected chi connectivity index (χ0v) is 27.2. The van der Waals surface area contributed by atoms with Gasteiger partial charge in [-0.1, -0.05) is 0 Å². The SMILES string of the molecule is Cl.Cl.Cl.O=P(O)(O)O.O=S(=O)(O)O.O=S(=O)(O)O.O=S(=O)(O)O.[H-].[H-].[H-].[H-].[Mg+2].[Mg+2].[Zn].[Zn]. The summed E-state index contributed by atoms with van der Waals surface area (Å²) in [5.74, 6) is 0. The van der Waals surface area contributed by atoms with Crippen LogP contribution < -0.4 is 0 Å². The molecule has 0 aliphatic rings. The third kappa shape index (κ3) is 1940. The van der Waals surface area contributed by atoms with Crippen molar-refractivity contribution >= 4 is 122 Å². The van der Waals surface area contributed by atoms with Crippen molar-refractivity contribution < 1.29 is 116 Å². The predicted octanol–water partition coefficient (Wildman–Crippen LogP) is -1.94. The van der Waals surface area contributed by atoms with Crippen LogP contribution >= 0.6 is 45.0 Å². The monoisotopic (exact) mass is 680 g/mol. The Morgan fingerprint density at radius 2 is 0.519 bits per heavy atom. The second kappa shape index (κ2) is 31.6. The molecule has 0 unspecified atom stereocenters. The minimum Gasteiger partial charge on any atom is -1.00 e. The van der Waals surface area contributed by atoms with Gasteiger partial charge >= 0.3 is 85.1 Å². The van der Waals surface area contributed by atoms with Crippen molar-refractivity contribution in [1.82, 2.24) is 0 Å². The molecule has 0 bridgehead atoms. The van der Waals surface area contributed by atoms with Crippen LogP contribution in [-0.4, -0.2) is 113 Å². The molecule has 0 aromatic rings. The van der Waals surface area contributed by atoms with E-state index in [0.29, 0.717) is 0 Å². The first-order chi connectivity index (χ1) is 8.00. The average Bonchev–Trinajstić information content (AvgIpc) is 1.62. The smallest absolute Gasteiger partial charge is 1.00 e. The molecule has 164 valence electrons. The van der Waals surface area contributed by atoms with Gasteiger partial charge in [-0.3, -0.25) is 27.3 Å². The van der Waals surface area contributed by atoms with Crippen molar-refractivity contribution in [3.05, 3.63) is 0 Å². The molecule has 0 aromatic heterocycles. The Morgan fingerprint density at radius 3 is 0.519 bits per heavy atom. The average molecular weight is 685 g/mol. The van der Waals surface area contributed by atoms with E-state index >= 15 is 0 Å². The normalized spacial score (nSPS) is 8.63. The van der Waals surface area contributed by atoms with E-state index < -0.39 is 39.0 Å². The van der Waals surface area contributed by atoms with Crippen LogP contribution in [0.2, 0.25) is 0 Å². The van der Waals surface area contributed by atoms with E-state index in [9.17, 15) is 0 Å². The molecule has 0 aliphatic carbocycles. The fraction of sp³-hybridized carbons (Fsp3) is 0. The summed E-state index contributed by atoms with van der Waals surface area (Å²) in [7, 11) is -18.6. The molecule has 27 heteroatoms. The number of halogens is 3. The maximum Gasteiger partial charge on any atom is 2.00 e. The predicted molar refractivity (Wildman–Crippen MR) is 94.5 cm³/mol. The van der Waals surface area contributed by atoms with E-state index in [-0.39, 0.29) is 128 Å². The van der Waals surface area contributed by atoms with Gasteiger partial charge in [0.25, 0.3) is 0 Å². The molecule has 16 nitrogen and oxygen atoms in total. The minimum atomic E-state index is -4.67. The van der Waals surface area contributed by atoms with Gasteiger partial charge in [-0.05, 0) is 0 Å². The second-order valence-electron chi connectivity index (χ2n) is 1.86. The molecular weight excluding hydrogens is 669 g/mol. The van der Waals surface area contributed by atoms with Crippen LogP contribution in [0.25, 0.3) is 0 Å².